The lowest BCUT2D eigenvalue weighted by Crippen LogP contribution is -2.30. The van der Waals surface area contributed by atoms with Crippen LogP contribution in [-0.4, -0.2) is 32.2 Å². The molecular weight excluding hydrogens is 230 g/mol. The lowest BCUT2D eigenvalue weighted by Gasteiger charge is -2.26. The summed E-state index contributed by atoms with van der Waals surface area (Å²) in [6.45, 7) is 6.63. The minimum Gasteiger partial charge on any atom is -0.397 e. The van der Waals surface area contributed by atoms with Crippen LogP contribution in [0.5, 0.6) is 0 Å². The minimum absolute atomic E-state index is 0.452. The molecule has 0 fully saturated rings. The molecule has 1 aromatic carbocycles. The molecule has 0 aliphatic carbocycles. The molecular formula is C13H21N3O2. The Morgan fingerprint density at radius 1 is 1.39 bits per heavy atom. The fourth-order valence-corrected chi connectivity index (χ4v) is 1.86. The average molecular weight is 251 g/mol. The van der Waals surface area contributed by atoms with Gasteiger partial charge in [-0.25, -0.2) is 0 Å². The van der Waals surface area contributed by atoms with Gasteiger partial charge in [-0.1, -0.05) is 6.07 Å². The summed E-state index contributed by atoms with van der Waals surface area (Å²) in [4.78, 5) is 13.4. The van der Waals surface area contributed by atoms with E-state index in [2.05, 4.69) is 0 Å². The van der Waals surface area contributed by atoms with Gasteiger partial charge in [0.25, 0.3) is 5.91 Å². The lowest BCUT2D eigenvalue weighted by atomic mass is 10.1. The zero-order chi connectivity index (χ0) is 13.5. The van der Waals surface area contributed by atoms with E-state index in [4.69, 9.17) is 16.2 Å². The number of carbonyl (C=O) groups excluding carboxylic acids is 1. The molecule has 4 N–H and O–H groups in total. The van der Waals surface area contributed by atoms with Crippen LogP contribution in [0.25, 0.3) is 0 Å². The number of rotatable bonds is 7. The highest BCUT2D eigenvalue weighted by Gasteiger charge is 2.16. The Morgan fingerprint density at radius 3 is 2.67 bits per heavy atom. The SMILES string of the molecule is CCOCCN(CC)c1c(N)cccc1C(N)=O. The van der Waals surface area contributed by atoms with E-state index >= 15 is 0 Å². The predicted octanol–water partition coefficient (Wildman–Crippen LogP) is 1.23. The zero-order valence-electron chi connectivity index (χ0n) is 11.0. The number of likely N-dealkylation sites (N-methyl/N-ethyl adjacent to an activating group) is 1. The molecule has 0 aromatic heterocycles. The van der Waals surface area contributed by atoms with E-state index in [9.17, 15) is 4.79 Å². The Morgan fingerprint density at radius 2 is 2.11 bits per heavy atom. The van der Waals surface area contributed by atoms with Crippen molar-refractivity contribution in [3.05, 3.63) is 23.8 Å². The molecule has 0 radical (unpaired) electrons. The molecule has 0 spiro atoms. The number of amides is 1. The van der Waals surface area contributed by atoms with Crippen LogP contribution >= 0.6 is 0 Å². The maximum atomic E-state index is 11.4. The Kier molecular flexibility index (Phi) is 5.45. The number of primary amides is 1. The fourth-order valence-electron chi connectivity index (χ4n) is 1.86. The second kappa shape index (κ2) is 6.86. The largest absolute Gasteiger partial charge is 0.397 e. The first-order valence-electron chi connectivity index (χ1n) is 6.12. The summed E-state index contributed by atoms with van der Waals surface area (Å²) in [5.74, 6) is -0.466. The van der Waals surface area contributed by atoms with Gasteiger partial charge in [0.1, 0.15) is 0 Å². The molecule has 18 heavy (non-hydrogen) atoms. The molecule has 0 bridgehead atoms. The van der Waals surface area contributed by atoms with Crippen LogP contribution in [0, 0.1) is 0 Å². The van der Waals surface area contributed by atoms with E-state index in [1.54, 1.807) is 18.2 Å². The van der Waals surface area contributed by atoms with Gasteiger partial charge in [-0.3, -0.25) is 4.79 Å². The number of para-hydroxylation sites is 1. The standard InChI is InChI=1S/C13H21N3O2/c1-3-16(8-9-18-4-2)12-10(13(15)17)6-5-7-11(12)14/h5-7H,3-4,8-9,14H2,1-2H3,(H2,15,17). The summed E-state index contributed by atoms with van der Waals surface area (Å²) in [7, 11) is 0. The summed E-state index contributed by atoms with van der Waals surface area (Å²) >= 11 is 0. The predicted molar refractivity (Wildman–Crippen MR) is 73.8 cm³/mol. The van der Waals surface area contributed by atoms with E-state index in [0.29, 0.717) is 36.7 Å². The molecule has 0 atom stereocenters. The summed E-state index contributed by atoms with van der Waals surface area (Å²) in [6, 6.07) is 5.19. The van der Waals surface area contributed by atoms with Gasteiger partial charge in [-0.05, 0) is 26.0 Å². The summed E-state index contributed by atoms with van der Waals surface area (Å²) in [5, 5.41) is 0. The van der Waals surface area contributed by atoms with E-state index in [1.165, 1.54) is 0 Å². The van der Waals surface area contributed by atoms with Crippen molar-refractivity contribution in [2.24, 2.45) is 5.73 Å². The monoisotopic (exact) mass is 251 g/mol. The van der Waals surface area contributed by atoms with Gasteiger partial charge in [0.15, 0.2) is 0 Å². The molecule has 5 heteroatoms. The smallest absolute Gasteiger partial charge is 0.250 e. The topological polar surface area (TPSA) is 81.6 Å². The van der Waals surface area contributed by atoms with E-state index in [0.717, 1.165) is 6.54 Å². The molecule has 1 rings (SSSR count). The minimum atomic E-state index is -0.466. The number of nitrogens with zero attached hydrogens (tertiary/aromatic N) is 1. The molecule has 0 aliphatic heterocycles. The first-order valence-corrected chi connectivity index (χ1v) is 6.12. The molecule has 0 saturated heterocycles. The Hall–Kier alpha value is -1.75. The van der Waals surface area contributed by atoms with Crippen LogP contribution in [0.15, 0.2) is 18.2 Å². The van der Waals surface area contributed by atoms with Crippen molar-refractivity contribution in [1.29, 1.82) is 0 Å². The highest BCUT2D eigenvalue weighted by molar-refractivity contribution is 6.01. The van der Waals surface area contributed by atoms with Crippen molar-refractivity contribution in [2.75, 3.05) is 36.9 Å². The average Bonchev–Trinajstić information content (AvgIpc) is 2.35. The van der Waals surface area contributed by atoms with Crippen LogP contribution in [0.4, 0.5) is 11.4 Å². The maximum Gasteiger partial charge on any atom is 0.250 e. The first-order chi connectivity index (χ1) is 8.61. The van der Waals surface area contributed by atoms with Gasteiger partial charge in [0.2, 0.25) is 0 Å². The molecule has 0 aliphatic rings. The molecule has 0 saturated carbocycles. The Balaban J connectivity index is 3.00. The van der Waals surface area contributed by atoms with Crippen molar-refractivity contribution >= 4 is 17.3 Å². The van der Waals surface area contributed by atoms with Gasteiger partial charge < -0.3 is 21.1 Å². The van der Waals surface area contributed by atoms with Crippen LogP contribution < -0.4 is 16.4 Å². The molecule has 1 aromatic rings. The first kappa shape index (κ1) is 14.3. The summed E-state index contributed by atoms with van der Waals surface area (Å²) in [6.07, 6.45) is 0. The van der Waals surface area contributed by atoms with Crippen LogP contribution in [0.1, 0.15) is 24.2 Å². The number of hydrogen-bond acceptors (Lipinski definition) is 4. The van der Waals surface area contributed by atoms with Crippen molar-refractivity contribution < 1.29 is 9.53 Å². The van der Waals surface area contributed by atoms with Crippen LogP contribution in [0.3, 0.4) is 0 Å². The number of anilines is 2. The van der Waals surface area contributed by atoms with Crippen molar-refractivity contribution in [1.82, 2.24) is 0 Å². The van der Waals surface area contributed by atoms with E-state index < -0.39 is 5.91 Å². The van der Waals surface area contributed by atoms with E-state index in [1.807, 2.05) is 18.7 Å². The molecule has 100 valence electrons. The molecule has 0 heterocycles. The molecule has 0 unspecified atom stereocenters. The Labute approximate surface area is 108 Å². The second-order valence-electron chi connectivity index (χ2n) is 3.88. The normalized spacial score (nSPS) is 10.3. The number of nitrogen functional groups attached to an aromatic ring is 1. The second-order valence-corrected chi connectivity index (χ2v) is 3.88. The third-order valence-corrected chi connectivity index (χ3v) is 2.74. The van der Waals surface area contributed by atoms with Gasteiger partial charge >= 0.3 is 0 Å². The van der Waals surface area contributed by atoms with Crippen molar-refractivity contribution in [3.8, 4) is 0 Å². The van der Waals surface area contributed by atoms with Crippen LogP contribution in [-0.2, 0) is 4.74 Å². The third kappa shape index (κ3) is 3.37. The number of benzene rings is 1. The van der Waals surface area contributed by atoms with Crippen molar-refractivity contribution in [2.45, 2.75) is 13.8 Å². The fraction of sp³-hybridized carbons (Fsp3) is 0.462. The highest BCUT2D eigenvalue weighted by atomic mass is 16.5. The summed E-state index contributed by atoms with van der Waals surface area (Å²) < 4.78 is 5.33. The van der Waals surface area contributed by atoms with Gasteiger partial charge in [-0.15, -0.1) is 0 Å². The lowest BCUT2D eigenvalue weighted by molar-refractivity contribution is 0.100. The van der Waals surface area contributed by atoms with Gasteiger partial charge in [0, 0.05) is 19.7 Å². The summed E-state index contributed by atoms with van der Waals surface area (Å²) in [5.41, 5.74) is 13.0. The van der Waals surface area contributed by atoms with Gasteiger partial charge in [0.05, 0.1) is 23.5 Å². The zero-order valence-corrected chi connectivity index (χ0v) is 11.0. The molecule has 1 amide bonds. The maximum absolute atomic E-state index is 11.4. The number of ether oxygens (including phenoxy) is 1. The number of carbonyl (C=O) groups is 1. The van der Waals surface area contributed by atoms with Gasteiger partial charge in [-0.2, -0.15) is 0 Å². The number of hydrogen-bond donors (Lipinski definition) is 2. The number of nitrogens with two attached hydrogens (primary N) is 2. The highest BCUT2D eigenvalue weighted by Crippen LogP contribution is 2.27. The van der Waals surface area contributed by atoms with Crippen LogP contribution in [0.2, 0.25) is 0 Å². The van der Waals surface area contributed by atoms with E-state index in [-0.39, 0.29) is 0 Å². The third-order valence-electron chi connectivity index (χ3n) is 2.74. The Bertz CT molecular complexity index is 407. The molecule has 5 nitrogen and oxygen atoms in total. The van der Waals surface area contributed by atoms with Crippen molar-refractivity contribution in [3.63, 3.8) is 0 Å². The quantitative estimate of drug-likeness (QED) is 0.564.